The first-order chi connectivity index (χ1) is 10.4. The number of rotatable bonds is 6. The van der Waals surface area contributed by atoms with E-state index < -0.39 is 0 Å². The van der Waals surface area contributed by atoms with E-state index in [1.165, 1.54) is 0 Å². The van der Waals surface area contributed by atoms with Crippen molar-refractivity contribution < 1.29 is 9.26 Å². The number of aromatic nitrogens is 3. The predicted octanol–water partition coefficient (Wildman–Crippen LogP) is 1.61. The smallest absolute Gasteiger partial charge is 0.244 e. The minimum absolute atomic E-state index is 0.174. The van der Waals surface area contributed by atoms with Gasteiger partial charge in [0.1, 0.15) is 5.82 Å². The van der Waals surface area contributed by atoms with Gasteiger partial charge >= 0.3 is 0 Å². The van der Waals surface area contributed by atoms with Gasteiger partial charge in [-0.05, 0) is 31.5 Å². The summed E-state index contributed by atoms with van der Waals surface area (Å²) in [5.74, 6) is 1.95. The van der Waals surface area contributed by atoms with E-state index in [2.05, 4.69) is 25.8 Å². The van der Waals surface area contributed by atoms with E-state index >= 15 is 0 Å². The number of ether oxygens (including phenoxy) is 1. The van der Waals surface area contributed by atoms with Crippen LogP contribution in [-0.4, -0.2) is 41.9 Å². The number of anilines is 1. The van der Waals surface area contributed by atoms with Gasteiger partial charge < -0.3 is 19.9 Å². The fourth-order valence-corrected chi connectivity index (χ4v) is 2.38. The molecule has 112 valence electrons. The van der Waals surface area contributed by atoms with Gasteiger partial charge in [0, 0.05) is 19.9 Å². The van der Waals surface area contributed by atoms with Crippen LogP contribution in [0.4, 0.5) is 5.82 Å². The molecule has 1 saturated heterocycles. The Balaban J connectivity index is 1.79. The van der Waals surface area contributed by atoms with Gasteiger partial charge in [-0.1, -0.05) is 5.16 Å². The van der Waals surface area contributed by atoms with Crippen LogP contribution < -0.4 is 10.6 Å². The molecule has 21 heavy (non-hydrogen) atoms. The van der Waals surface area contributed by atoms with E-state index in [9.17, 15) is 0 Å². The summed E-state index contributed by atoms with van der Waals surface area (Å²) in [6.45, 7) is 2.29. The van der Waals surface area contributed by atoms with Gasteiger partial charge in [0.2, 0.25) is 11.7 Å². The molecule has 2 N–H and O–H groups in total. The third kappa shape index (κ3) is 3.20. The first kappa shape index (κ1) is 14.0. The third-order valence-corrected chi connectivity index (χ3v) is 3.45. The van der Waals surface area contributed by atoms with Gasteiger partial charge in [0.15, 0.2) is 0 Å². The fourth-order valence-electron chi connectivity index (χ4n) is 2.38. The lowest BCUT2D eigenvalue weighted by atomic mass is 10.2. The van der Waals surface area contributed by atoms with E-state index in [4.69, 9.17) is 9.26 Å². The molecule has 3 heterocycles. The molecule has 1 aliphatic heterocycles. The Hall–Kier alpha value is -1.99. The Kier molecular flexibility index (Phi) is 4.42. The predicted molar refractivity (Wildman–Crippen MR) is 77.9 cm³/mol. The summed E-state index contributed by atoms with van der Waals surface area (Å²) in [6.07, 6.45) is 3.91. The molecule has 1 atom stereocenters. The molecular formula is C14H19N5O2. The zero-order valence-corrected chi connectivity index (χ0v) is 12.0. The zero-order chi connectivity index (χ0) is 14.5. The molecule has 0 saturated carbocycles. The number of pyridine rings is 1. The van der Waals surface area contributed by atoms with E-state index in [-0.39, 0.29) is 6.04 Å². The highest BCUT2D eigenvalue weighted by atomic mass is 16.5. The number of hydrogen-bond acceptors (Lipinski definition) is 7. The van der Waals surface area contributed by atoms with Crippen molar-refractivity contribution in [2.24, 2.45) is 0 Å². The second kappa shape index (κ2) is 6.64. The van der Waals surface area contributed by atoms with Gasteiger partial charge in [-0.25, -0.2) is 4.98 Å². The topological polar surface area (TPSA) is 85.1 Å². The van der Waals surface area contributed by atoms with Crippen molar-refractivity contribution in [2.45, 2.75) is 18.9 Å². The van der Waals surface area contributed by atoms with Gasteiger partial charge in [0.05, 0.1) is 18.2 Å². The van der Waals surface area contributed by atoms with Crippen molar-refractivity contribution in [1.82, 2.24) is 20.4 Å². The lowest BCUT2D eigenvalue weighted by Gasteiger charge is -2.07. The molecule has 0 aromatic carbocycles. The average molecular weight is 289 g/mol. The maximum Gasteiger partial charge on any atom is 0.244 e. The number of hydrogen-bond donors (Lipinski definition) is 2. The highest BCUT2D eigenvalue weighted by Gasteiger charge is 2.23. The summed E-state index contributed by atoms with van der Waals surface area (Å²) in [5, 5.41) is 10.7. The fraction of sp³-hybridized carbons (Fsp3) is 0.500. The van der Waals surface area contributed by atoms with Crippen LogP contribution in [0.15, 0.2) is 22.9 Å². The quantitative estimate of drug-likeness (QED) is 0.781. The Morgan fingerprint density at radius 2 is 2.48 bits per heavy atom. The number of nitrogens with one attached hydrogen (secondary N) is 2. The van der Waals surface area contributed by atoms with Crippen molar-refractivity contribution in [3.05, 3.63) is 24.2 Å². The molecule has 7 nitrogen and oxygen atoms in total. The standard InChI is InChI=1S/C14H19N5O2/c1-20-9-8-17-12-10(4-2-7-16-12)13-18-14(21-19-13)11-5-3-6-15-11/h2,4,7,11,15H,3,5-6,8-9H2,1H3,(H,16,17). The maximum absolute atomic E-state index is 5.38. The van der Waals surface area contributed by atoms with Crippen LogP contribution in [0.3, 0.4) is 0 Å². The summed E-state index contributed by atoms with van der Waals surface area (Å²) in [6, 6.07) is 3.97. The molecule has 7 heteroatoms. The average Bonchev–Trinajstić information content (AvgIpc) is 3.19. The monoisotopic (exact) mass is 289 g/mol. The summed E-state index contributed by atoms with van der Waals surface area (Å²) >= 11 is 0. The Morgan fingerprint density at radius 3 is 3.29 bits per heavy atom. The molecule has 1 unspecified atom stereocenters. The maximum atomic E-state index is 5.38. The highest BCUT2D eigenvalue weighted by Crippen LogP contribution is 2.27. The zero-order valence-electron chi connectivity index (χ0n) is 12.0. The Morgan fingerprint density at radius 1 is 1.52 bits per heavy atom. The van der Waals surface area contributed by atoms with E-state index in [1.54, 1.807) is 13.3 Å². The SMILES string of the molecule is COCCNc1ncccc1-c1noc(C2CCCN2)n1. The van der Waals surface area contributed by atoms with Gasteiger partial charge in [0.25, 0.3) is 0 Å². The molecule has 0 aliphatic carbocycles. The van der Waals surface area contributed by atoms with Crippen molar-refractivity contribution in [3.63, 3.8) is 0 Å². The Labute approximate surface area is 123 Å². The van der Waals surface area contributed by atoms with Crippen LogP contribution in [0.2, 0.25) is 0 Å². The van der Waals surface area contributed by atoms with Crippen LogP contribution in [0, 0.1) is 0 Å². The summed E-state index contributed by atoms with van der Waals surface area (Å²) in [7, 11) is 1.67. The van der Waals surface area contributed by atoms with Crippen LogP contribution in [0.1, 0.15) is 24.8 Å². The normalized spacial score (nSPS) is 18.0. The number of nitrogens with zero attached hydrogens (tertiary/aromatic N) is 3. The largest absolute Gasteiger partial charge is 0.383 e. The first-order valence-corrected chi connectivity index (χ1v) is 7.13. The van der Waals surface area contributed by atoms with E-state index in [0.717, 1.165) is 30.8 Å². The second-order valence-corrected chi connectivity index (χ2v) is 4.92. The van der Waals surface area contributed by atoms with Crippen LogP contribution in [-0.2, 0) is 4.74 Å². The molecule has 1 fully saturated rings. The lowest BCUT2D eigenvalue weighted by molar-refractivity contribution is 0.210. The van der Waals surface area contributed by atoms with E-state index in [1.807, 2.05) is 12.1 Å². The molecule has 0 bridgehead atoms. The number of methoxy groups -OCH3 is 1. The lowest BCUT2D eigenvalue weighted by Crippen LogP contribution is -2.13. The molecule has 2 aromatic heterocycles. The summed E-state index contributed by atoms with van der Waals surface area (Å²) in [5.41, 5.74) is 0.835. The van der Waals surface area contributed by atoms with Gasteiger partial charge in [-0.15, -0.1) is 0 Å². The molecule has 0 amide bonds. The van der Waals surface area contributed by atoms with Crippen LogP contribution in [0.5, 0.6) is 0 Å². The molecular weight excluding hydrogens is 270 g/mol. The van der Waals surface area contributed by atoms with Crippen molar-refractivity contribution >= 4 is 5.82 Å². The Bertz CT molecular complexity index is 580. The van der Waals surface area contributed by atoms with Crippen LogP contribution >= 0.6 is 0 Å². The molecule has 2 aromatic rings. The van der Waals surface area contributed by atoms with Crippen LogP contribution in [0.25, 0.3) is 11.4 Å². The third-order valence-electron chi connectivity index (χ3n) is 3.45. The minimum Gasteiger partial charge on any atom is -0.383 e. The van der Waals surface area contributed by atoms with Gasteiger partial charge in [-0.3, -0.25) is 0 Å². The molecule has 1 aliphatic rings. The van der Waals surface area contributed by atoms with Crippen molar-refractivity contribution in [3.8, 4) is 11.4 Å². The molecule has 0 radical (unpaired) electrons. The van der Waals surface area contributed by atoms with Crippen molar-refractivity contribution in [1.29, 1.82) is 0 Å². The highest BCUT2D eigenvalue weighted by molar-refractivity contribution is 5.69. The second-order valence-electron chi connectivity index (χ2n) is 4.92. The summed E-state index contributed by atoms with van der Waals surface area (Å²) in [4.78, 5) is 8.83. The first-order valence-electron chi connectivity index (χ1n) is 7.13. The molecule has 3 rings (SSSR count). The summed E-state index contributed by atoms with van der Waals surface area (Å²) < 4.78 is 10.4. The van der Waals surface area contributed by atoms with Crippen molar-refractivity contribution in [2.75, 3.05) is 32.1 Å². The minimum atomic E-state index is 0.174. The molecule has 0 spiro atoms. The van der Waals surface area contributed by atoms with E-state index in [0.29, 0.717) is 24.9 Å². The van der Waals surface area contributed by atoms with Gasteiger partial charge in [-0.2, -0.15) is 4.98 Å².